The molecule has 2 N–H and O–H groups in total. The van der Waals surface area contributed by atoms with Gasteiger partial charge < -0.3 is 20.1 Å². The molecule has 0 unspecified atom stereocenters. The number of carbonyl (C=O) groups is 2. The predicted molar refractivity (Wildman–Crippen MR) is 66.6 cm³/mol. The maximum Gasteiger partial charge on any atom is 0.407 e. The minimum atomic E-state index is -0.895. The van der Waals surface area contributed by atoms with E-state index in [-0.39, 0.29) is 6.04 Å². The van der Waals surface area contributed by atoms with E-state index >= 15 is 0 Å². The number of ether oxygens (including phenoxy) is 1. The zero-order valence-corrected chi connectivity index (χ0v) is 11.2. The number of nitrogens with one attached hydrogen (secondary N) is 1. The third kappa shape index (κ3) is 5.25. The number of rotatable bonds is 1. The molecule has 1 rings (SSSR count). The number of hydrogen-bond acceptors (Lipinski definition) is 3. The molecule has 0 bridgehead atoms. The van der Waals surface area contributed by atoms with Crippen LogP contribution >= 0.6 is 0 Å². The number of nitrogens with zero attached hydrogens (tertiary/aromatic N) is 1. The van der Waals surface area contributed by atoms with Crippen LogP contribution in [-0.2, 0) is 4.74 Å². The van der Waals surface area contributed by atoms with Crippen LogP contribution in [0, 0.1) is 0 Å². The second-order valence-electron chi connectivity index (χ2n) is 5.54. The molecule has 104 valence electrons. The van der Waals surface area contributed by atoms with Crippen molar-refractivity contribution in [1.29, 1.82) is 0 Å². The minimum absolute atomic E-state index is 0.0100. The van der Waals surface area contributed by atoms with Crippen molar-refractivity contribution < 1.29 is 19.4 Å². The summed E-state index contributed by atoms with van der Waals surface area (Å²) >= 11 is 0. The first kappa shape index (κ1) is 14.6. The van der Waals surface area contributed by atoms with Crippen LogP contribution in [0.1, 0.15) is 40.0 Å². The minimum Gasteiger partial charge on any atom is -0.465 e. The van der Waals surface area contributed by atoms with E-state index in [2.05, 4.69) is 5.32 Å². The Kier molecular flexibility index (Phi) is 4.81. The molecule has 1 aliphatic rings. The van der Waals surface area contributed by atoms with E-state index in [0.29, 0.717) is 19.5 Å². The highest BCUT2D eigenvalue weighted by Crippen LogP contribution is 2.13. The third-order valence-electron chi connectivity index (χ3n) is 2.72. The Labute approximate surface area is 107 Å². The summed E-state index contributed by atoms with van der Waals surface area (Å²) in [5.41, 5.74) is -0.512. The second kappa shape index (κ2) is 5.93. The summed E-state index contributed by atoms with van der Waals surface area (Å²) in [6, 6.07) is -0.0100. The van der Waals surface area contributed by atoms with Crippen molar-refractivity contribution in [3.05, 3.63) is 0 Å². The van der Waals surface area contributed by atoms with Crippen LogP contribution in [0.4, 0.5) is 9.59 Å². The molecule has 0 saturated carbocycles. The molecule has 1 aliphatic heterocycles. The second-order valence-corrected chi connectivity index (χ2v) is 5.54. The van der Waals surface area contributed by atoms with Crippen molar-refractivity contribution in [1.82, 2.24) is 10.2 Å². The van der Waals surface area contributed by atoms with Gasteiger partial charge in [0.05, 0.1) is 0 Å². The van der Waals surface area contributed by atoms with Gasteiger partial charge in [0.1, 0.15) is 5.60 Å². The highest BCUT2D eigenvalue weighted by atomic mass is 16.6. The first-order valence-corrected chi connectivity index (χ1v) is 6.25. The molecule has 0 spiro atoms. The van der Waals surface area contributed by atoms with Crippen molar-refractivity contribution in [2.24, 2.45) is 0 Å². The highest BCUT2D eigenvalue weighted by molar-refractivity contribution is 5.68. The quantitative estimate of drug-likeness (QED) is 0.754. The van der Waals surface area contributed by atoms with Crippen LogP contribution in [-0.4, -0.2) is 46.9 Å². The molecule has 18 heavy (non-hydrogen) atoms. The van der Waals surface area contributed by atoms with Crippen molar-refractivity contribution in [3.63, 3.8) is 0 Å². The monoisotopic (exact) mass is 258 g/mol. The largest absolute Gasteiger partial charge is 0.465 e. The van der Waals surface area contributed by atoms with E-state index in [4.69, 9.17) is 9.84 Å². The van der Waals surface area contributed by atoms with Gasteiger partial charge in [0.2, 0.25) is 0 Å². The van der Waals surface area contributed by atoms with Crippen molar-refractivity contribution >= 4 is 12.2 Å². The van der Waals surface area contributed by atoms with Crippen molar-refractivity contribution in [2.75, 3.05) is 13.1 Å². The first-order valence-electron chi connectivity index (χ1n) is 6.25. The lowest BCUT2D eigenvalue weighted by atomic mass is 10.1. The fourth-order valence-corrected chi connectivity index (χ4v) is 1.91. The average Bonchev–Trinajstić information content (AvgIpc) is 2.40. The molecule has 0 aromatic rings. The van der Waals surface area contributed by atoms with Crippen molar-refractivity contribution in [3.8, 4) is 0 Å². The molecule has 1 atom stereocenters. The van der Waals surface area contributed by atoms with Crippen LogP contribution in [0.25, 0.3) is 0 Å². The molecule has 1 fully saturated rings. The summed E-state index contributed by atoms with van der Waals surface area (Å²) in [5, 5.41) is 11.7. The Morgan fingerprint density at radius 2 is 1.94 bits per heavy atom. The highest BCUT2D eigenvalue weighted by Gasteiger charge is 2.23. The van der Waals surface area contributed by atoms with Gasteiger partial charge in [-0.15, -0.1) is 0 Å². The average molecular weight is 258 g/mol. The summed E-state index contributed by atoms with van der Waals surface area (Å²) in [6.45, 7) is 6.42. The Bertz CT molecular complexity index is 312. The molecule has 1 saturated heterocycles. The normalized spacial score (nSPS) is 21.1. The van der Waals surface area contributed by atoms with E-state index in [0.717, 1.165) is 12.8 Å². The van der Waals surface area contributed by atoms with Crippen LogP contribution in [0.5, 0.6) is 0 Å². The summed E-state index contributed by atoms with van der Waals surface area (Å²) < 4.78 is 5.18. The van der Waals surface area contributed by atoms with Gasteiger partial charge in [-0.25, -0.2) is 9.59 Å². The number of likely N-dealkylation sites (tertiary alicyclic amines) is 1. The lowest BCUT2D eigenvalue weighted by molar-refractivity contribution is 0.0500. The van der Waals surface area contributed by atoms with Crippen LogP contribution in [0.15, 0.2) is 0 Å². The lowest BCUT2D eigenvalue weighted by Gasteiger charge is -2.23. The van der Waals surface area contributed by atoms with Crippen LogP contribution in [0.2, 0.25) is 0 Å². The van der Waals surface area contributed by atoms with E-state index in [9.17, 15) is 9.59 Å². The number of amides is 2. The molecular weight excluding hydrogens is 236 g/mol. The Balaban J connectivity index is 2.40. The van der Waals surface area contributed by atoms with Gasteiger partial charge in [-0.1, -0.05) is 0 Å². The molecule has 0 aliphatic carbocycles. The maximum atomic E-state index is 11.6. The van der Waals surface area contributed by atoms with E-state index < -0.39 is 17.8 Å². The van der Waals surface area contributed by atoms with E-state index in [1.165, 1.54) is 4.90 Å². The fraction of sp³-hybridized carbons (Fsp3) is 0.833. The summed E-state index contributed by atoms with van der Waals surface area (Å²) in [7, 11) is 0. The fourth-order valence-electron chi connectivity index (χ4n) is 1.91. The Morgan fingerprint density at radius 1 is 1.28 bits per heavy atom. The Morgan fingerprint density at radius 3 is 2.50 bits per heavy atom. The van der Waals surface area contributed by atoms with Crippen LogP contribution in [0.3, 0.4) is 0 Å². The predicted octanol–water partition coefficient (Wildman–Crippen LogP) is 2.04. The topological polar surface area (TPSA) is 78.9 Å². The van der Waals surface area contributed by atoms with Gasteiger partial charge in [0.15, 0.2) is 0 Å². The molecular formula is C12H22N2O4. The molecule has 1 heterocycles. The smallest absolute Gasteiger partial charge is 0.407 e. The van der Waals surface area contributed by atoms with Gasteiger partial charge in [-0.2, -0.15) is 0 Å². The van der Waals surface area contributed by atoms with Gasteiger partial charge >= 0.3 is 12.2 Å². The molecule has 0 aromatic heterocycles. The number of hydrogen-bond donors (Lipinski definition) is 2. The number of carbonyl (C=O) groups excluding carboxylic acids is 1. The standard InChI is InChI=1S/C12H22N2O4/c1-12(2,3)18-10(15)13-9-5-4-7-14(8-6-9)11(16)17/h9H,4-8H2,1-3H3,(H,13,15)(H,16,17)/t9-/m0/s1. The number of alkyl carbamates (subject to hydrolysis) is 1. The molecule has 0 radical (unpaired) electrons. The van der Waals surface area contributed by atoms with Crippen molar-refractivity contribution in [2.45, 2.75) is 51.7 Å². The Hall–Kier alpha value is -1.46. The zero-order chi connectivity index (χ0) is 13.8. The van der Waals surface area contributed by atoms with Gasteiger partial charge in [-0.05, 0) is 40.0 Å². The van der Waals surface area contributed by atoms with Crippen LogP contribution < -0.4 is 5.32 Å². The van der Waals surface area contributed by atoms with Gasteiger partial charge in [-0.3, -0.25) is 0 Å². The number of carboxylic acid groups (broad SMARTS) is 1. The summed E-state index contributed by atoms with van der Waals surface area (Å²) in [5.74, 6) is 0. The summed E-state index contributed by atoms with van der Waals surface area (Å²) in [4.78, 5) is 23.8. The lowest BCUT2D eigenvalue weighted by Crippen LogP contribution is -2.39. The van der Waals surface area contributed by atoms with E-state index in [1.54, 1.807) is 0 Å². The van der Waals surface area contributed by atoms with E-state index in [1.807, 2.05) is 20.8 Å². The molecule has 6 nitrogen and oxygen atoms in total. The first-order chi connectivity index (χ1) is 8.28. The molecule has 0 aromatic carbocycles. The molecule has 2 amide bonds. The van der Waals surface area contributed by atoms with Gasteiger partial charge in [0.25, 0.3) is 0 Å². The van der Waals surface area contributed by atoms with Gasteiger partial charge in [0, 0.05) is 19.1 Å². The SMILES string of the molecule is CC(C)(C)OC(=O)N[C@H]1CCCN(C(=O)O)CC1. The summed E-state index contributed by atoms with van der Waals surface area (Å²) in [6.07, 6.45) is 0.839. The molecule has 6 heteroatoms. The maximum absolute atomic E-state index is 11.6. The zero-order valence-electron chi connectivity index (χ0n) is 11.2. The third-order valence-corrected chi connectivity index (χ3v) is 2.72.